The van der Waals surface area contributed by atoms with Crippen LogP contribution in [0.25, 0.3) is 0 Å². The minimum Gasteiger partial charge on any atom is -0.341 e. The second-order valence-electron chi connectivity index (χ2n) is 6.32. The van der Waals surface area contributed by atoms with E-state index >= 15 is 0 Å². The van der Waals surface area contributed by atoms with Crippen LogP contribution in [0.4, 0.5) is 4.39 Å². The molecule has 1 aromatic carbocycles. The van der Waals surface area contributed by atoms with Crippen LogP contribution in [-0.2, 0) is 28.3 Å². The Bertz CT molecular complexity index is 880. The molecule has 9 heteroatoms. The van der Waals surface area contributed by atoms with Gasteiger partial charge < -0.3 is 9.47 Å². The smallest absolute Gasteiger partial charge is 0.262 e. The lowest BCUT2D eigenvalue weighted by Crippen LogP contribution is -2.38. The number of nitrogens with zero attached hydrogens (tertiary/aromatic N) is 4. The van der Waals surface area contributed by atoms with E-state index in [1.54, 1.807) is 28.6 Å². The van der Waals surface area contributed by atoms with Crippen LogP contribution in [0.3, 0.4) is 0 Å². The predicted molar refractivity (Wildman–Crippen MR) is 93.3 cm³/mol. The number of amides is 1. The van der Waals surface area contributed by atoms with Crippen LogP contribution in [0.1, 0.15) is 12.0 Å². The fraction of sp³-hybridized carbons (Fsp3) is 0.412. The summed E-state index contributed by atoms with van der Waals surface area (Å²) in [5, 5.41) is 0.0195. The maximum atomic E-state index is 13.0. The minimum absolute atomic E-state index is 0.0195. The molecule has 1 amide bonds. The quantitative estimate of drug-likeness (QED) is 0.794. The average molecular weight is 380 g/mol. The molecular weight excluding hydrogens is 359 g/mol. The van der Waals surface area contributed by atoms with Gasteiger partial charge in [-0.3, -0.25) is 4.79 Å². The molecule has 1 aliphatic heterocycles. The van der Waals surface area contributed by atoms with Crippen molar-refractivity contribution in [3.63, 3.8) is 0 Å². The zero-order valence-electron chi connectivity index (χ0n) is 14.5. The molecule has 0 bridgehead atoms. The Labute approximate surface area is 152 Å². The molecule has 2 aromatic rings. The van der Waals surface area contributed by atoms with Gasteiger partial charge in [0.05, 0.1) is 12.7 Å². The van der Waals surface area contributed by atoms with Gasteiger partial charge in [0.25, 0.3) is 10.0 Å². The predicted octanol–water partition coefficient (Wildman–Crippen LogP) is 1.02. The number of carbonyl (C=O) groups is 1. The third-order valence-electron chi connectivity index (χ3n) is 4.36. The van der Waals surface area contributed by atoms with Crippen molar-refractivity contribution in [3.05, 3.63) is 48.2 Å². The third kappa shape index (κ3) is 4.10. The number of halogens is 1. The normalized spacial score (nSPS) is 16.5. The number of hydrogen-bond donors (Lipinski definition) is 0. The Balaban J connectivity index is 1.64. The highest BCUT2D eigenvalue weighted by Gasteiger charge is 2.29. The van der Waals surface area contributed by atoms with E-state index in [0.29, 0.717) is 26.1 Å². The molecule has 1 aliphatic rings. The molecule has 1 fully saturated rings. The Morgan fingerprint density at radius 2 is 1.88 bits per heavy atom. The van der Waals surface area contributed by atoms with Gasteiger partial charge in [0.1, 0.15) is 5.82 Å². The molecule has 0 spiro atoms. The maximum absolute atomic E-state index is 13.0. The monoisotopic (exact) mass is 380 g/mol. The first-order valence-corrected chi connectivity index (χ1v) is 9.80. The van der Waals surface area contributed by atoms with Crippen molar-refractivity contribution in [3.8, 4) is 0 Å². The lowest BCUT2D eigenvalue weighted by atomic mass is 10.1. The van der Waals surface area contributed by atoms with Gasteiger partial charge in [0, 0.05) is 39.4 Å². The number of carbonyl (C=O) groups excluding carboxylic acids is 1. The molecule has 0 N–H and O–H groups in total. The molecule has 0 atom stereocenters. The first-order valence-electron chi connectivity index (χ1n) is 8.36. The van der Waals surface area contributed by atoms with Crippen LogP contribution in [0.2, 0.25) is 0 Å². The first kappa shape index (κ1) is 18.5. The summed E-state index contributed by atoms with van der Waals surface area (Å²) in [6.45, 7) is 1.40. The molecule has 3 rings (SSSR count). The van der Waals surface area contributed by atoms with E-state index in [0.717, 1.165) is 5.56 Å². The number of aryl methyl sites for hydroxylation is 1. The maximum Gasteiger partial charge on any atom is 0.262 e. The second-order valence-corrected chi connectivity index (χ2v) is 8.20. The van der Waals surface area contributed by atoms with Gasteiger partial charge in [0.2, 0.25) is 5.91 Å². The van der Waals surface area contributed by atoms with Gasteiger partial charge in [-0.25, -0.2) is 17.8 Å². The standard InChI is InChI=1S/C17H21FN4O3S/c1-20-12-16(19-13-20)26(24,25)22-8-2-7-21(9-10-22)17(23)11-14-3-5-15(18)6-4-14/h3-6,12-13H,2,7-11H2,1H3. The zero-order chi connectivity index (χ0) is 18.7. The summed E-state index contributed by atoms with van der Waals surface area (Å²) < 4.78 is 41.3. The van der Waals surface area contributed by atoms with Gasteiger partial charge in [-0.05, 0) is 24.1 Å². The van der Waals surface area contributed by atoms with E-state index in [-0.39, 0.29) is 29.7 Å². The van der Waals surface area contributed by atoms with Crippen LogP contribution in [0, 0.1) is 5.82 Å². The van der Waals surface area contributed by atoms with Crippen molar-refractivity contribution in [2.45, 2.75) is 17.9 Å². The topological polar surface area (TPSA) is 75.5 Å². The lowest BCUT2D eigenvalue weighted by molar-refractivity contribution is -0.130. The molecule has 0 aliphatic carbocycles. The van der Waals surface area contributed by atoms with Gasteiger partial charge in [-0.1, -0.05) is 12.1 Å². The van der Waals surface area contributed by atoms with E-state index in [1.165, 1.54) is 29.0 Å². The van der Waals surface area contributed by atoms with Crippen molar-refractivity contribution in [2.75, 3.05) is 26.2 Å². The van der Waals surface area contributed by atoms with Crippen LogP contribution >= 0.6 is 0 Å². The largest absolute Gasteiger partial charge is 0.341 e. The summed E-state index contributed by atoms with van der Waals surface area (Å²) in [6.07, 6.45) is 3.65. The molecule has 1 aromatic heterocycles. The molecule has 0 radical (unpaired) electrons. The minimum atomic E-state index is -3.66. The van der Waals surface area contributed by atoms with Crippen molar-refractivity contribution in [1.29, 1.82) is 0 Å². The molecule has 7 nitrogen and oxygen atoms in total. The van der Waals surface area contributed by atoms with E-state index in [9.17, 15) is 17.6 Å². The molecule has 26 heavy (non-hydrogen) atoms. The highest BCUT2D eigenvalue weighted by atomic mass is 32.2. The van der Waals surface area contributed by atoms with Crippen LogP contribution in [0.15, 0.2) is 41.8 Å². The van der Waals surface area contributed by atoms with Crippen LogP contribution in [0.5, 0.6) is 0 Å². The fourth-order valence-corrected chi connectivity index (χ4v) is 4.36. The lowest BCUT2D eigenvalue weighted by Gasteiger charge is -2.21. The van der Waals surface area contributed by atoms with Gasteiger partial charge in [0.15, 0.2) is 5.03 Å². The summed E-state index contributed by atoms with van der Waals surface area (Å²) >= 11 is 0. The number of rotatable bonds is 4. The van der Waals surface area contributed by atoms with Crippen molar-refractivity contribution in [1.82, 2.24) is 18.8 Å². The Hall–Kier alpha value is -2.26. The summed E-state index contributed by atoms with van der Waals surface area (Å²) in [4.78, 5) is 18.1. The van der Waals surface area contributed by atoms with E-state index in [1.807, 2.05) is 0 Å². The van der Waals surface area contributed by atoms with Gasteiger partial charge in [-0.15, -0.1) is 0 Å². The molecule has 0 saturated carbocycles. The molecule has 2 heterocycles. The molecule has 140 valence electrons. The van der Waals surface area contributed by atoms with E-state index in [4.69, 9.17) is 0 Å². The van der Waals surface area contributed by atoms with E-state index in [2.05, 4.69) is 4.98 Å². The summed E-state index contributed by atoms with van der Waals surface area (Å²) in [5.41, 5.74) is 0.735. The number of hydrogen-bond acceptors (Lipinski definition) is 4. The SMILES string of the molecule is Cn1cnc(S(=O)(=O)N2CCCN(C(=O)Cc3ccc(F)cc3)CC2)c1. The third-order valence-corrected chi connectivity index (χ3v) is 6.15. The van der Waals surface area contributed by atoms with Gasteiger partial charge in [-0.2, -0.15) is 4.31 Å². The number of sulfonamides is 1. The Morgan fingerprint density at radius 1 is 1.15 bits per heavy atom. The van der Waals surface area contributed by atoms with Crippen LogP contribution in [-0.4, -0.2) is 59.3 Å². The van der Waals surface area contributed by atoms with E-state index < -0.39 is 10.0 Å². The second kappa shape index (κ2) is 7.55. The summed E-state index contributed by atoms with van der Waals surface area (Å²) in [6, 6.07) is 5.82. The van der Waals surface area contributed by atoms with Crippen LogP contribution < -0.4 is 0 Å². The van der Waals surface area contributed by atoms with Crippen molar-refractivity contribution >= 4 is 15.9 Å². The number of aromatic nitrogens is 2. The van der Waals surface area contributed by atoms with Crippen molar-refractivity contribution in [2.24, 2.45) is 7.05 Å². The zero-order valence-corrected chi connectivity index (χ0v) is 15.3. The average Bonchev–Trinajstić information content (AvgIpc) is 2.90. The fourth-order valence-electron chi connectivity index (χ4n) is 2.93. The molecular formula is C17H21FN4O3S. The Morgan fingerprint density at radius 3 is 2.54 bits per heavy atom. The van der Waals surface area contributed by atoms with Gasteiger partial charge >= 0.3 is 0 Å². The highest BCUT2D eigenvalue weighted by molar-refractivity contribution is 7.89. The summed E-state index contributed by atoms with van der Waals surface area (Å²) in [5.74, 6) is -0.431. The molecule has 1 saturated heterocycles. The highest BCUT2D eigenvalue weighted by Crippen LogP contribution is 2.16. The number of imidazole rings is 1. The summed E-state index contributed by atoms with van der Waals surface area (Å²) in [7, 11) is -1.94. The Kier molecular flexibility index (Phi) is 5.38. The van der Waals surface area contributed by atoms with Crippen molar-refractivity contribution < 1.29 is 17.6 Å². The molecule has 0 unspecified atom stereocenters. The number of benzene rings is 1. The first-order chi connectivity index (χ1) is 12.4.